The lowest BCUT2D eigenvalue weighted by Crippen LogP contribution is -2.24. The summed E-state index contributed by atoms with van der Waals surface area (Å²) in [6.07, 6.45) is 0.762. The van der Waals surface area contributed by atoms with E-state index in [1.165, 1.54) is 0 Å². The molecule has 1 aromatic heterocycles. The first-order valence-corrected chi connectivity index (χ1v) is 6.27. The summed E-state index contributed by atoms with van der Waals surface area (Å²) in [5.74, 6) is 0.242. The van der Waals surface area contributed by atoms with Gasteiger partial charge in [-0.05, 0) is 52.2 Å². The summed E-state index contributed by atoms with van der Waals surface area (Å²) in [6, 6.07) is 0. The molecule has 1 heterocycles. The first kappa shape index (κ1) is 14.1. The van der Waals surface area contributed by atoms with Gasteiger partial charge >= 0.3 is 5.97 Å². The van der Waals surface area contributed by atoms with Crippen LogP contribution in [0, 0.1) is 13.8 Å². The molecule has 0 aromatic carbocycles. The third kappa shape index (κ3) is 3.50. The Balaban J connectivity index is 3.00. The van der Waals surface area contributed by atoms with Crippen molar-refractivity contribution in [2.45, 2.75) is 46.6 Å². The number of carbonyl (C=O) groups excluding carboxylic acids is 1. The molecule has 0 fully saturated rings. The second kappa shape index (κ2) is 5.13. The highest BCUT2D eigenvalue weighted by molar-refractivity contribution is 6.18. The Bertz CT molecular complexity index is 416. The van der Waals surface area contributed by atoms with Crippen LogP contribution in [0.1, 0.15) is 48.1 Å². The van der Waals surface area contributed by atoms with E-state index in [9.17, 15) is 4.79 Å². The molecule has 0 aliphatic heterocycles. The molecule has 96 valence electrons. The molecule has 0 amide bonds. The van der Waals surface area contributed by atoms with Crippen molar-refractivity contribution in [2.24, 2.45) is 0 Å². The van der Waals surface area contributed by atoms with Crippen LogP contribution in [-0.4, -0.2) is 22.4 Å². The van der Waals surface area contributed by atoms with Gasteiger partial charge in [-0.3, -0.25) is 0 Å². The molecule has 17 heavy (non-hydrogen) atoms. The van der Waals surface area contributed by atoms with E-state index in [2.05, 4.69) is 4.98 Å². The molecule has 0 aliphatic rings. The van der Waals surface area contributed by atoms with E-state index >= 15 is 0 Å². The Labute approximate surface area is 108 Å². The van der Waals surface area contributed by atoms with Gasteiger partial charge in [-0.25, -0.2) is 4.79 Å². The van der Waals surface area contributed by atoms with Gasteiger partial charge in [0.25, 0.3) is 0 Å². The second-order valence-corrected chi connectivity index (χ2v) is 5.55. The monoisotopic (exact) mass is 257 g/mol. The Hall–Kier alpha value is -0.960. The van der Waals surface area contributed by atoms with Crippen LogP contribution in [0.3, 0.4) is 0 Å². The number of aromatic nitrogens is 1. The third-order valence-corrected chi connectivity index (χ3v) is 2.73. The average molecular weight is 258 g/mol. The van der Waals surface area contributed by atoms with Crippen molar-refractivity contribution in [3.8, 4) is 0 Å². The molecule has 0 saturated heterocycles. The molecule has 1 aromatic rings. The SMILES string of the molecule is Cc1[nH]c(C(=O)OC(C)(C)C)c(C)c1CCCl. The first-order chi connectivity index (χ1) is 7.76. The molecule has 0 bridgehead atoms. The fraction of sp³-hybridized carbons (Fsp3) is 0.615. The Kier molecular flexibility index (Phi) is 4.26. The summed E-state index contributed by atoms with van der Waals surface area (Å²) in [5.41, 5.74) is 3.11. The highest BCUT2D eigenvalue weighted by Crippen LogP contribution is 2.21. The van der Waals surface area contributed by atoms with Gasteiger partial charge in [0.15, 0.2) is 0 Å². The minimum atomic E-state index is -0.477. The molecule has 0 spiro atoms. The molecule has 0 atom stereocenters. The van der Waals surface area contributed by atoms with E-state index in [1.54, 1.807) is 0 Å². The van der Waals surface area contributed by atoms with Crippen LogP contribution in [0.25, 0.3) is 0 Å². The van der Waals surface area contributed by atoms with Gasteiger partial charge in [0.05, 0.1) is 0 Å². The Morgan fingerprint density at radius 1 is 1.35 bits per heavy atom. The van der Waals surface area contributed by atoms with Crippen LogP contribution in [0.2, 0.25) is 0 Å². The van der Waals surface area contributed by atoms with Crippen molar-refractivity contribution in [3.63, 3.8) is 0 Å². The number of aromatic amines is 1. The largest absolute Gasteiger partial charge is 0.455 e. The maximum absolute atomic E-state index is 12.0. The van der Waals surface area contributed by atoms with Gasteiger partial charge in [0, 0.05) is 11.6 Å². The zero-order valence-corrected chi connectivity index (χ0v) is 11.9. The van der Waals surface area contributed by atoms with E-state index in [0.717, 1.165) is 23.2 Å². The lowest BCUT2D eigenvalue weighted by Gasteiger charge is -2.19. The number of ether oxygens (including phenoxy) is 1. The maximum Gasteiger partial charge on any atom is 0.355 e. The fourth-order valence-electron chi connectivity index (χ4n) is 1.79. The number of halogens is 1. The first-order valence-electron chi connectivity index (χ1n) is 5.73. The summed E-state index contributed by atoms with van der Waals surface area (Å²) in [5, 5.41) is 0. The predicted molar refractivity (Wildman–Crippen MR) is 69.9 cm³/mol. The smallest absolute Gasteiger partial charge is 0.355 e. The van der Waals surface area contributed by atoms with Gasteiger partial charge < -0.3 is 9.72 Å². The Morgan fingerprint density at radius 2 is 1.94 bits per heavy atom. The number of hydrogen-bond donors (Lipinski definition) is 1. The molecule has 1 rings (SSSR count). The van der Waals surface area contributed by atoms with Crippen LogP contribution in [0.4, 0.5) is 0 Å². The zero-order valence-electron chi connectivity index (χ0n) is 11.1. The third-order valence-electron chi connectivity index (χ3n) is 2.54. The maximum atomic E-state index is 12.0. The number of nitrogens with one attached hydrogen (secondary N) is 1. The number of esters is 1. The normalized spacial score (nSPS) is 11.6. The lowest BCUT2D eigenvalue weighted by molar-refractivity contribution is 0.00626. The highest BCUT2D eigenvalue weighted by Gasteiger charge is 2.22. The molecule has 4 heteroatoms. The topological polar surface area (TPSA) is 42.1 Å². The summed E-state index contributed by atoms with van der Waals surface area (Å²) in [7, 11) is 0. The van der Waals surface area contributed by atoms with Gasteiger partial charge in [0.2, 0.25) is 0 Å². The van der Waals surface area contributed by atoms with Gasteiger partial charge in [-0.2, -0.15) is 0 Å². The van der Waals surface area contributed by atoms with E-state index in [1.807, 2.05) is 34.6 Å². The number of H-pyrrole nitrogens is 1. The van der Waals surface area contributed by atoms with Crippen molar-refractivity contribution in [2.75, 3.05) is 5.88 Å². The van der Waals surface area contributed by atoms with Crippen LogP contribution in [0.15, 0.2) is 0 Å². The predicted octanol–water partition coefficient (Wildman–Crippen LogP) is 3.37. The Morgan fingerprint density at radius 3 is 2.41 bits per heavy atom. The molecule has 1 N–H and O–H groups in total. The molecular formula is C13H20ClNO2. The summed E-state index contributed by atoms with van der Waals surface area (Å²) < 4.78 is 5.35. The summed E-state index contributed by atoms with van der Waals surface area (Å²) in [6.45, 7) is 9.44. The summed E-state index contributed by atoms with van der Waals surface area (Å²) in [4.78, 5) is 15.1. The van der Waals surface area contributed by atoms with Crippen molar-refractivity contribution in [1.82, 2.24) is 4.98 Å². The highest BCUT2D eigenvalue weighted by atomic mass is 35.5. The lowest BCUT2D eigenvalue weighted by atomic mass is 10.1. The van der Waals surface area contributed by atoms with Crippen LogP contribution in [0.5, 0.6) is 0 Å². The van der Waals surface area contributed by atoms with E-state index < -0.39 is 5.60 Å². The van der Waals surface area contributed by atoms with Gasteiger partial charge in [0.1, 0.15) is 11.3 Å². The number of hydrogen-bond acceptors (Lipinski definition) is 2. The van der Waals surface area contributed by atoms with Crippen LogP contribution >= 0.6 is 11.6 Å². The molecule has 0 radical (unpaired) electrons. The molecule has 0 unspecified atom stereocenters. The number of alkyl halides is 1. The van der Waals surface area contributed by atoms with E-state index in [4.69, 9.17) is 16.3 Å². The second-order valence-electron chi connectivity index (χ2n) is 5.17. The summed E-state index contributed by atoms with van der Waals surface area (Å²) >= 11 is 5.75. The number of carbonyl (C=O) groups is 1. The molecule has 0 saturated carbocycles. The van der Waals surface area contributed by atoms with Crippen molar-refractivity contribution in [1.29, 1.82) is 0 Å². The minimum Gasteiger partial charge on any atom is -0.455 e. The molecule has 3 nitrogen and oxygen atoms in total. The average Bonchev–Trinajstić information content (AvgIpc) is 2.43. The molecular weight excluding hydrogens is 238 g/mol. The van der Waals surface area contributed by atoms with Crippen molar-refractivity contribution < 1.29 is 9.53 Å². The standard InChI is InChI=1S/C13H20ClNO2/c1-8-10(6-7-14)9(2)15-11(8)12(16)17-13(3,4)5/h15H,6-7H2,1-5H3. The van der Waals surface area contributed by atoms with Crippen molar-refractivity contribution in [3.05, 3.63) is 22.5 Å². The zero-order chi connectivity index (χ0) is 13.2. The number of aryl methyl sites for hydroxylation is 1. The van der Waals surface area contributed by atoms with Crippen LogP contribution < -0.4 is 0 Å². The van der Waals surface area contributed by atoms with Crippen LogP contribution in [-0.2, 0) is 11.2 Å². The molecule has 0 aliphatic carbocycles. The van der Waals surface area contributed by atoms with Gasteiger partial charge in [-0.1, -0.05) is 0 Å². The van der Waals surface area contributed by atoms with E-state index in [0.29, 0.717) is 11.6 Å². The quantitative estimate of drug-likeness (QED) is 0.666. The fourth-order valence-corrected chi connectivity index (χ4v) is 1.98. The van der Waals surface area contributed by atoms with Crippen molar-refractivity contribution >= 4 is 17.6 Å². The number of rotatable bonds is 3. The minimum absolute atomic E-state index is 0.307. The van der Waals surface area contributed by atoms with E-state index in [-0.39, 0.29) is 5.97 Å². The van der Waals surface area contributed by atoms with Gasteiger partial charge in [-0.15, -0.1) is 11.6 Å².